The summed E-state index contributed by atoms with van der Waals surface area (Å²) in [6, 6.07) is 22.4. The van der Waals surface area contributed by atoms with Crippen LogP contribution < -0.4 is 5.43 Å². The van der Waals surface area contributed by atoms with Gasteiger partial charge in [-0.15, -0.1) is 0 Å². The van der Waals surface area contributed by atoms with Crippen molar-refractivity contribution in [2.45, 2.75) is 25.5 Å². The van der Waals surface area contributed by atoms with Crippen LogP contribution in [0.2, 0.25) is 0 Å². The lowest BCUT2D eigenvalue weighted by atomic mass is 10.1. The molecule has 172 valence electrons. The minimum Gasteiger partial charge on any atom is -0.314 e. The van der Waals surface area contributed by atoms with Crippen LogP contribution in [0.1, 0.15) is 23.6 Å². The molecule has 4 aromatic rings. The number of hydrogen-bond donors (Lipinski definition) is 1. The van der Waals surface area contributed by atoms with E-state index in [0.717, 1.165) is 21.8 Å². The van der Waals surface area contributed by atoms with Crippen LogP contribution in [0, 0.1) is 17.0 Å². The molecule has 0 aliphatic carbocycles. The summed E-state index contributed by atoms with van der Waals surface area (Å²) in [5.74, 6) is -0.160. The SMILES string of the molecule is C/C(=N/NC(=O)CSc1nc2ccccc2n1Cc1ccc(C)cc1)c1cccc([N+](=O)[O-])c1. The molecule has 0 bridgehead atoms. The second-order valence-corrected chi connectivity index (χ2v) is 8.73. The van der Waals surface area contributed by atoms with Gasteiger partial charge in [0.25, 0.3) is 11.6 Å². The molecule has 0 fully saturated rings. The van der Waals surface area contributed by atoms with E-state index in [1.807, 2.05) is 24.3 Å². The molecule has 34 heavy (non-hydrogen) atoms. The number of fused-ring (bicyclic) bond motifs is 1. The molecule has 3 aromatic carbocycles. The van der Waals surface area contributed by atoms with Crippen LogP contribution in [0.5, 0.6) is 0 Å². The van der Waals surface area contributed by atoms with Gasteiger partial charge in [0.05, 0.1) is 34.0 Å². The monoisotopic (exact) mass is 473 g/mol. The van der Waals surface area contributed by atoms with Gasteiger partial charge in [-0.3, -0.25) is 14.9 Å². The average molecular weight is 474 g/mol. The zero-order chi connectivity index (χ0) is 24.1. The van der Waals surface area contributed by atoms with Gasteiger partial charge < -0.3 is 4.57 Å². The van der Waals surface area contributed by atoms with E-state index in [2.05, 4.69) is 46.3 Å². The average Bonchev–Trinajstić information content (AvgIpc) is 3.20. The van der Waals surface area contributed by atoms with Crippen molar-refractivity contribution in [3.05, 3.63) is 99.6 Å². The predicted octanol–water partition coefficient (Wildman–Crippen LogP) is 4.93. The Morgan fingerprint density at radius 1 is 1.12 bits per heavy atom. The molecule has 0 unspecified atom stereocenters. The van der Waals surface area contributed by atoms with E-state index in [1.165, 1.54) is 29.5 Å². The Kier molecular flexibility index (Phi) is 7.03. The standard InChI is InChI=1S/C25H23N5O3S/c1-17-10-12-19(13-11-17)15-29-23-9-4-3-8-22(23)26-25(29)34-16-24(31)28-27-18(2)20-6-5-7-21(14-20)30(32)33/h3-14H,15-16H2,1-2H3,(H,28,31)/b27-18-. The predicted molar refractivity (Wildman–Crippen MR) is 134 cm³/mol. The first-order valence-corrected chi connectivity index (χ1v) is 11.6. The minimum absolute atomic E-state index is 0.0265. The number of para-hydroxylation sites is 2. The van der Waals surface area contributed by atoms with Crippen LogP contribution in [0.15, 0.2) is 83.1 Å². The van der Waals surface area contributed by atoms with Gasteiger partial charge in [-0.25, -0.2) is 10.4 Å². The molecule has 0 saturated heterocycles. The highest BCUT2D eigenvalue weighted by Crippen LogP contribution is 2.25. The zero-order valence-electron chi connectivity index (χ0n) is 18.8. The highest BCUT2D eigenvalue weighted by atomic mass is 32.2. The van der Waals surface area contributed by atoms with Crippen LogP contribution >= 0.6 is 11.8 Å². The number of non-ortho nitro benzene ring substituents is 1. The fourth-order valence-corrected chi connectivity index (χ4v) is 4.22. The van der Waals surface area contributed by atoms with Gasteiger partial charge in [0.15, 0.2) is 5.16 Å². The first-order valence-electron chi connectivity index (χ1n) is 10.6. The highest BCUT2D eigenvalue weighted by molar-refractivity contribution is 7.99. The number of nitro groups is 1. The van der Waals surface area contributed by atoms with E-state index in [9.17, 15) is 14.9 Å². The molecule has 4 rings (SSSR count). The molecule has 1 N–H and O–H groups in total. The number of nitrogens with one attached hydrogen (secondary N) is 1. The van der Waals surface area contributed by atoms with Crippen molar-refractivity contribution in [3.8, 4) is 0 Å². The molecule has 0 atom stereocenters. The number of aryl methyl sites for hydroxylation is 1. The summed E-state index contributed by atoms with van der Waals surface area (Å²) >= 11 is 1.34. The van der Waals surface area contributed by atoms with Gasteiger partial charge >= 0.3 is 0 Å². The number of imidazole rings is 1. The molecular weight excluding hydrogens is 450 g/mol. The molecular formula is C25H23N5O3S. The van der Waals surface area contributed by atoms with Crippen molar-refractivity contribution < 1.29 is 9.72 Å². The second-order valence-electron chi connectivity index (χ2n) is 7.78. The lowest BCUT2D eigenvalue weighted by Gasteiger charge is -2.09. The Bertz CT molecular complexity index is 1380. The maximum atomic E-state index is 12.5. The topological polar surface area (TPSA) is 102 Å². The molecule has 0 saturated carbocycles. The van der Waals surface area contributed by atoms with Crippen molar-refractivity contribution in [3.63, 3.8) is 0 Å². The number of benzene rings is 3. The van der Waals surface area contributed by atoms with E-state index in [0.29, 0.717) is 17.8 Å². The van der Waals surface area contributed by atoms with Gasteiger partial charge in [0, 0.05) is 17.7 Å². The Hall–Kier alpha value is -3.98. The molecule has 8 nitrogen and oxygen atoms in total. The van der Waals surface area contributed by atoms with Crippen LogP contribution in [-0.4, -0.2) is 31.8 Å². The Balaban J connectivity index is 1.46. The molecule has 0 aliphatic rings. The Morgan fingerprint density at radius 3 is 2.65 bits per heavy atom. The van der Waals surface area contributed by atoms with E-state index in [1.54, 1.807) is 19.1 Å². The molecule has 1 aromatic heterocycles. The number of rotatable bonds is 8. The summed E-state index contributed by atoms with van der Waals surface area (Å²) in [5.41, 5.74) is 7.78. The normalized spacial score (nSPS) is 11.5. The highest BCUT2D eigenvalue weighted by Gasteiger charge is 2.14. The molecule has 0 aliphatic heterocycles. The van der Waals surface area contributed by atoms with Crippen molar-refractivity contribution >= 4 is 40.1 Å². The smallest absolute Gasteiger partial charge is 0.270 e. The van der Waals surface area contributed by atoms with Crippen LogP contribution in [-0.2, 0) is 11.3 Å². The Morgan fingerprint density at radius 2 is 1.88 bits per heavy atom. The zero-order valence-corrected chi connectivity index (χ0v) is 19.6. The minimum atomic E-state index is -0.464. The van der Waals surface area contributed by atoms with Crippen molar-refractivity contribution in [1.29, 1.82) is 0 Å². The summed E-state index contributed by atoms with van der Waals surface area (Å²) in [6.45, 7) is 4.39. The number of nitro benzene ring substituents is 1. The summed E-state index contributed by atoms with van der Waals surface area (Å²) in [6.07, 6.45) is 0. The van der Waals surface area contributed by atoms with Crippen molar-refractivity contribution in [2.75, 3.05) is 5.75 Å². The van der Waals surface area contributed by atoms with Gasteiger partial charge in [-0.1, -0.05) is 65.9 Å². The molecule has 1 amide bonds. The van der Waals surface area contributed by atoms with Crippen LogP contribution in [0.25, 0.3) is 11.0 Å². The third-order valence-electron chi connectivity index (χ3n) is 5.24. The maximum absolute atomic E-state index is 12.5. The largest absolute Gasteiger partial charge is 0.314 e. The number of carbonyl (C=O) groups is 1. The first-order chi connectivity index (χ1) is 16.4. The van der Waals surface area contributed by atoms with E-state index >= 15 is 0 Å². The van der Waals surface area contributed by atoms with Crippen LogP contribution in [0.4, 0.5) is 5.69 Å². The Labute approximate surface area is 200 Å². The second kappa shape index (κ2) is 10.3. The molecule has 9 heteroatoms. The summed E-state index contributed by atoms with van der Waals surface area (Å²) in [5, 5.41) is 15.8. The van der Waals surface area contributed by atoms with E-state index in [-0.39, 0.29) is 17.3 Å². The van der Waals surface area contributed by atoms with E-state index < -0.39 is 4.92 Å². The molecule has 1 heterocycles. The van der Waals surface area contributed by atoms with Crippen molar-refractivity contribution in [2.24, 2.45) is 5.10 Å². The number of carbonyl (C=O) groups excluding carboxylic acids is 1. The van der Waals surface area contributed by atoms with Gasteiger partial charge in [-0.2, -0.15) is 5.10 Å². The summed E-state index contributed by atoms with van der Waals surface area (Å²) < 4.78 is 2.11. The van der Waals surface area contributed by atoms with Crippen LogP contribution in [0.3, 0.4) is 0 Å². The number of aromatic nitrogens is 2. The van der Waals surface area contributed by atoms with Gasteiger partial charge in [0.2, 0.25) is 0 Å². The number of nitrogens with zero attached hydrogens (tertiary/aromatic N) is 4. The number of hydrogen-bond acceptors (Lipinski definition) is 6. The number of hydrazone groups is 1. The number of thioether (sulfide) groups is 1. The maximum Gasteiger partial charge on any atom is 0.270 e. The van der Waals surface area contributed by atoms with E-state index in [4.69, 9.17) is 4.98 Å². The summed E-state index contributed by atoms with van der Waals surface area (Å²) in [7, 11) is 0. The lowest BCUT2D eigenvalue weighted by Crippen LogP contribution is -2.21. The fourth-order valence-electron chi connectivity index (χ4n) is 3.41. The molecule has 0 spiro atoms. The lowest BCUT2D eigenvalue weighted by molar-refractivity contribution is -0.384. The quantitative estimate of drug-likeness (QED) is 0.169. The first kappa shape index (κ1) is 23.2. The van der Waals surface area contributed by atoms with Gasteiger partial charge in [0.1, 0.15) is 0 Å². The number of amides is 1. The fraction of sp³-hybridized carbons (Fsp3) is 0.160. The third-order valence-corrected chi connectivity index (χ3v) is 6.21. The van der Waals surface area contributed by atoms with Gasteiger partial charge in [-0.05, 0) is 31.5 Å². The summed E-state index contributed by atoms with van der Waals surface area (Å²) in [4.78, 5) is 27.7. The van der Waals surface area contributed by atoms with Crippen molar-refractivity contribution in [1.82, 2.24) is 15.0 Å². The molecule has 0 radical (unpaired) electrons. The third kappa shape index (κ3) is 5.49.